The molecular weight excluding hydrogens is 214 g/mol. The maximum absolute atomic E-state index is 10.7. The maximum atomic E-state index is 10.7. The molecule has 15 heavy (non-hydrogen) atoms. The van der Waals surface area contributed by atoms with E-state index in [4.69, 9.17) is 5.11 Å². The number of aromatic nitrogens is 2. The van der Waals surface area contributed by atoms with Crippen LogP contribution in [-0.4, -0.2) is 38.9 Å². The van der Waals surface area contributed by atoms with Crippen molar-refractivity contribution in [2.45, 2.75) is 16.2 Å². The lowest BCUT2D eigenvalue weighted by Gasteiger charge is -2.40. The summed E-state index contributed by atoms with van der Waals surface area (Å²) in [6.45, 7) is 1.42. The highest BCUT2D eigenvalue weighted by Gasteiger charge is 2.40. The number of thioether (sulfide) groups is 1. The zero-order valence-corrected chi connectivity index (χ0v) is 8.83. The van der Waals surface area contributed by atoms with E-state index in [1.54, 1.807) is 18.6 Å². The van der Waals surface area contributed by atoms with E-state index in [1.807, 2.05) is 0 Å². The molecule has 1 aromatic rings. The summed E-state index contributed by atoms with van der Waals surface area (Å²) in [5.41, 5.74) is 0. The van der Waals surface area contributed by atoms with Crippen molar-refractivity contribution in [1.29, 1.82) is 0 Å². The molecule has 1 aliphatic rings. The lowest BCUT2D eigenvalue weighted by molar-refractivity contribution is -0.138. The van der Waals surface area contributed by atoms with Gasteiger partial charge in [-0.1, -0.05) is 11.8 Å². The van der Waals surface area contributed by atoms with Crippen LogP contribution < -0.4 is 5.32 Å². The molecule has 1 saturated heterocycles. The third-order valence-electron chi connectivity index (χ3n) is 2.23. The Labute approximate surface area is 91.3 Å². The minimum absolute atomic E-state index is 0.154. The second-order valence-corrected chi connectivity index (χ2v) is 4.99. The summed E-state index contributed by atoms with van der Waals surface area (Å²) < 4.78 is -0.248. The molecule has 0 unspecified atom stereocenters. The number of carboxylic acid groups (broad SMARTS) is 1. The fourth-order valence-corrected chi connectivity index (χ4v) is 2.69. The molecule has 2 rings (SSSR count). The number of hydrogen-bond acceptors (Lipinski definition) is 5. The van der Waals surface area contributed by atoms with Crippen LogP contribution in [0.4, 0.5) is 0 Å². The Bertz CT molecular complexity index is 354. The van der Waals surface area contributed by atoms with Gasteiger partial charge in [0.1, 0.15) is 5.03 Å². The molecule has 2 N–H and O–H groups in total. The smallest absolute Gasteiger partial charge is 0.304 e. The van der Waals surface area contributed by atoms with E-state index in [9.17, 15) is 4.79 Å². The van der Waals surface area contributed by atoms with Gasteiger partial charge in [0.25, 0.3) is 0 Å². The average Bonchev–Trinajstić information content (AvgIpc) is 2.15. The number of carbonyl (C=O) groups is 1. The summed E-state index contributed by atoms with van der Waals surface area (Å²) >= 11 is 1.49. The molecule has 1 aromatic heterocycles. The number of nitrogens with one attached hydrogen (secondary N) is 1. The van der Waals surface area contributed by atoms with Crippen LogP contribution >= 0.6 is 11.8 Å². The predicted molar refractivity (Wildman–Crippen MR) is 55.7 cm³/mol. The fraction of sp³-hybridized carbons (Fsp3) is 0.444. The van der Waals surface area contributed by atoms with Crippen LogP contribution in [0.2, 0.25) is 0 Å². The number of rotatable bonds is 4. The summed E-state index contributed by atoms with van der Waals surface area (Å²) in [6.07, 6.45) is 5.03. The second kappa shape index (κ2) is 4.16. The van der Waals surface area contributed by atoms with Crippen LogP contribution in [-0.2, 0) is 4.79 Å². The molecule has 0 aliphatic carbocycles. The van der Waals surface area contributed by atoms with E-state index < -0.39 is 5.97 Å². The topological polar surface area (TPSA) is 75.1 Å². The van der Waals surface area contributed by atoms with Gasteiger partial charge in [0.15, 0.2) is 0 Å². The van der Waals surface area contributed by atoms with Crippen molar-refractivity contribution in [2.75, 3.05) is 13.1 Å². The van der Waals surface area contributed by atoms with Crippen molar-refractivity contribution < 1.29 is 9.90 Å². The van der Waals surface area contributed by atoms with Crippen LogP contribution in [0, 0.1) is 0 Å². The number of carboxylic acids is 1. The molecule has 0 atom stereocenters. The molecule has 0 amide bonds. The Balaban J connectivity index is 2.05. The molecule has 2 heterocycles. The van der Waals surface area contributed by atoms with Gasteiger partial charge < -0.3 is 10.4 Å². The zero-order chi connectivity index (χ0) is 10.7. The van der Waals surface area contributed by atoms with E-state index in [-0.39, 0.29) is 11.2 Å². The van der Waals surface area contributed by atoms with Crippen molar-refractivity contribution in [3.05, 3.63) is 18.6 Å². The number of aliphatic carboxylic acids is 1. The third kappa shape index (κ3) is 2.45. The van der Waals surface area contributed by atoms with Crippen LogP contribution in [0.5, 0.6) is 0 Å². The first-order chi connectivity index (χ1) is 7.20. The number of hydrogen-bond donors (Lipinski definition) is 2. The first-order valence-corrected chi connectivity index (χ1v) is 5.39. The lowest BCUT2D eigenvalue weighted by Crippen LogP contribution is -2.58. The van der Waals surface area contributed by atoms with E-state index in [2.05, 4.69) is 15.3 Å². The van der Waals surface area contributed by atoms with Gasteiger partial charge in [-0.15, -0.1) is 0 Å². The minimum Gasteiger partial charge on any atom is -0.481 e. The minimum atomic E-state index is -0.770. The Morgan fingerprint density at radius 1 is 1.60 bits per heavy atom. The van der Waals surface area contributed by atoms with Gasteiger partial charge in [-0.05, 0) is 0 Å². The van der Waals surface area contributed by atoms with Crippen molar-refractivity contribution >= 4 is 17.7 Å². The quantitative estimate of drug-likeness (QED) is 0.772. The third-order valence-corrected chi connectivity index (χ3v) is 3.51. The van der Waals surface area contributed by atoms with Gasteiger partial charge in [0, 0.05) is 25.5 Å². The van der Waals surface area contributed by atoms with E-state index in [0.717, 1.165) is 5.03 Å². The monoisotopic (exact) mass is 225 g/mol. The molecule has 0 bridgehead atoms. The highest BCUT2D eigenvalue weighted by atomic mass is 32.2. The Morgan fingerprint density at radius 3 is 2.87 bits per heavy atom. The van der Waals surface area contributed by atoms with Crippen LogP contribution in [0.25, 0.3) is 0 Å². The van der Waals surface area contributed by atoms with Crippen molar-refractivity contribution in [1.82, 2.24) is 15.3 Å². The van der Waals surface area contributed by atoms with Crippen LogP contribution in [0.1, 0.15) is 6.42 Å². The van der Waals surface area contributed by atoms with E-state index >= 15 is 0 Å². The van der Waals surface area contributed by atoms with Crippen LogP contribution in [0.3, 0.4) is 0 Å². The van der Waals surface area contributed by atoms with Gasteiger partial charge in [-0.25, -0.2) is 4.98 Å². The second-order valence-electron chi connectivity index (χ2n) is 3.50. The normalized spacial score (nSPS) is 18.1. The van der Waals surface area contributed by atoms with E-state index in [0.29, 0.717) is 13.1 Å². The van der Waals surface area contributed by atoms with Gasteiger partial charge in [0.2, 0.25) is 0 Å². The highest BCUT2D eigenvalue weighted by molar-refractivity contribution is 8.00. The van der Waals surface area contributed by atoms with Gasteiger partial charge in [-0.2, -0.15) is 0 Å². The van der Waals surface area contributed by atoms with Gasteiger partial charge >= 0.3 is 5.97 Å². The molecule has 0 aromatic carbocycles. The van der Waals surface area contributed by atoms with Gasteiger partial charge in [-0.3, -0.25) is 9.78 Å². The molecular formula is C9H11N3O2S. The zero-order valence-electron chi connectivity index (χ0n) is 8.01. The summed E-state index contributed by atoms with van der Waals surface area (Å²) in [7, 11) is 0. The first-order valence-electron chi connectivity index (χ1n) is 4.58. The Kier molecular flexibility index (Phi) is 2.88. The van der Waals surface area contributed by atoms with Crippen molar-refractivity contribution in [2.24, 2.45) is 0 Å². The molecule has 0 radical (unpaired) electrons. The average molecular weight is 225 g/mol. The largest absolute Gasteiger partial charge is 0.481 e. The molecule has 0 spiro atoms. The van der Waals surface area contributed by atoms with Gasteiger partial charge in [0.05, 0.1) is 17.4 Å². The summed E-state index contributed by atoms with van der Waals surface area (Å²) in [5, 5.41) is 12.7. The van der Waals surface area contributed by atoms with Crippen LogP contribution in [0.15, 0.2) is 23.6 Å². The number of nitrogens with zero attached hydrogens (tertiary/aromatic N) is 2. The summed E-state index contributed by atoms with van der Waals surface area (Å²) in [4.78, 5) is 18.8. The van der Waals surface area contributed by atoms with Crippen molar-refractivity contribution in [3.63, 3.8) is 0 Å². The Hall–Kier alpha value is -1.14. The standard InChI is InChI=1S/C9H11N3O2S/c13-8(14)3-9(5-11-6-9)15-7-4-10-1-2-12-7/h1-2,4,11H,3,5-6H2,(H,13,14). The molecule has 5 nitrogen and oxygen atoms in total. The fourth-order valence-electron chi connectivity index (χ4n) is 1.47. The lowest BCUT2D eigenvalue weighted by atomic mass is 9.98. The molecule has 1 fully saturated rings. The van der Waals surface area contributed by atoms with E-state index in [1.165, 1.54) is 11.8 Å². The Morgan fingerprint density at radius 2 is 2.40 bits per heavy atom. The van der Waals surface area contributed by atoms with Crippen molar-refractivity contribution in [3.8, 4) is 0 Å². The highest BCUT2D eigenvalue weighted by Crippen LogP contribution is 2.37. The first kappa shape index (κ1) is 10.4. The molecule has 6 heteroatoms. The maximum Gasteiger partial charge on any atom is 0.304 e. The summed E-state index contributed by atoms with van der Waals surface area (Å²) in [5.74, 6) is -0.770. The predicted octanol–water partition coefficient (Wildman–Crippen LogP) is 0.385. The molecule has 0 saturated carbocycles. The molecule has 80 valence electrons. The summed E-state index contributed by atoms with van der Waals surface area (Å²) in [6, 6.07) is 0. The molecule has 1 aliphatic heterocycles. The SMILES string of the molecule is O=C(O)CC1(Sc2cnccn2)CNC1.